The van der Waals surface area contributed by atoms with Gasteiger partial charge < -0.3 is 10.2 Å². The molecule has 0 radical (unpaired) electrons. The Balaban J connectivity index is 1.71. The van der Waals surface area contributed by atoms with Crippen molar-refractivity contribution in [2.75, 3.05) is 11.4 Å². The summed E-state index contributed by atoms with van der Waals surface area (Å²) in [5.74, 6) is -0.654. The molecule has 2 N–H and O–H groups in total. The molecule has 7 nitrogen and oxygen atoms in total. The molecule has 172 valence electrons. The van der Waals surface area contributed by atoms with Crippen LogP contribution in [0.3, 0.4) is 0 Å². The van der Waals surface area contributed by atoms with Crippen LogP contribution in [0.1, 0.15) is 38.8 Å². The van der Waals surface area contributed by atoms with Gasteiger partial charge in [0.1, 0.15) is 6.04 Å². The van der Waals surface area contributed by atoms with Gasteiger partial charge in [-0.05, 0) is 55.0 Å². The molecule has 0 saturated carbocycles. The molecule has 0 unspecified atom stereocenters. The van der Waals surface area contributed by atoms with Crippen LogP contribution in [-0.2, 0) is 32.5 Å². The highest BCUT2D eigenvalue weighted by atomic mass is 32.2. The van der Waals surface area contributed by atoms with Crippen molar-refractivity contribution in [3.63, 3.8) is 0 Å². The maximum atomic E-state index is 13.1. The molecule has 2 aromatic carbocycles. The van der Waals surface area contributed by atoms with Crippen LogP contribution in [0, 0.1) is 5.92 Å². The molecule has 0 bridgehead atoms. The molecule has 0 aromatic heterocycles. The molecule has 0 spiro atoms. The molecule has 3 rings (SSSR count). The molecule has 1 aliphatic heterocycles. The smallest absolute Gasteiger partial charge is 0.241 e. The van der Waals surface area contributed by atoms with Crippen molar-refractivity contribution >= 4 is 27.5 Å². The molecular weight excluding hydrogens is 426 g/mol. The van der Waals surface area contributed by atoms with E-state index in [1.165, 1.54) is 13.0 Å². The Bertz CT molecular complexity index is 1080. The maximum Gasteiger partial charge on any atom is 0.241 e. The molecule has 2 amide bonds. The van der Waals surface area contributed by atoms with Gasteiger partial charge in [-0.1, -0.05) is 44.2 Å². The Morgan fingerprint density at radius 2 is 1.81 bits per heavy atom. The van der Waals surface area contributed by atoms with E-state index in [1.54, 1.807) is 30.9 Å². The van der Waals surface area contributed by atoms with Crippen LogP contribution in [0.4, 0.5) is 5.69 Å². The highest BCUT2D eigenvalue weighted by molar-refractivity contribution is 7.89. The number of nitrogens with one attached hydrogen (secondary N) is 2. The summed E-state index contributed by atoms with van der Waals surface area (Å²) in [4.78, 5) is 26.4. The van der Waals surface area contributed by atoms with Gasteiger partial charge in [0.15, 0.2) is 0 Å². The lowest BCUT2D eigenvalue weighted by Crippen LogP contribution is -2.49. The van der Waals surface area contributed by atoms with Crippen LogP contribution in [0.25, 0.3) is 0 Å². The molecular formula is C24H31N3O4S. The number of sulfonamides is 1. The normalized spacial score (nSPS) is 16.7. The largest absolute Gasteiger partial charge is 0.354 e. The number of carbonyl (C=O) groups is 2. The first-order chi connectivity index (χ1) is 15.1. The Hall–Kier alpha value is -2.71. The fraction of sp³-hybridized carbons (Fsp3) is 0.417. The van der Waals surface area contributed by atoms with Crippen molar-refractivity contribution in [3.05, 3.63) is 59.7 Å². The summed E-state index contributed by atoms with van der Waals surface area (Å²) in [5.41, 5.74) is 2.65. The average molecular weight is 458 g/mol. The topological polar surface area (TPSA) is 95.6 Å². The maximum absolute atomic E-state index is 13.1. The zero-order chi connectivity index (χ0) is 23.5. The monoisotopic (exact) mass is 457 g/mol. The number of benzene rings is 2. The van der Waals surface area contributed by atoms with Gasteiger partial charge in [0.25, 0.3) is 0 Å². The van der Waals surface area contributed by atoms with E-state index in [9.17, 15) is 18.0 Å². The van der Waals surface area contributed by atoms with Crippen molar-refractivity contribution in [2.24, 2.45) is 5.92 Å². The molecule has 0 aliphatic carbocycles. The molecule has 1 aliphatic rings. The predicted molar refractivity (Wildman–Crippen MR) is 125 cm³/mol. The third kappa shape index (κ3) is 5.37. The fourth-order valence-corrected chi connectivity index (χ4v) is 5.46. The van der Waals surface area contributed by atoms with Crippen molar-refractivity contribution < 1.29 is 18.0 Å². The van der Waals surface area contributed by atoms with Crippen LogP contribution in [-0.4, -0.2) is 38.9 Å². The molecule has 0 fully saturated rings. The second kappa shape index (κ2) is 9.83. The Labute approximate surface area is 190 Å². The molecule has 1 heterocycles. The first kappa shape index (κ1) is 23.9. The summed E-state index contributed by atoms with van der Waals surface area (Å²) in [6.07, 6.45) is 1.26. The van der Waals surface area contributed by atoms with E-state index < -0.39 is 16.1 Å². The van der Waals surface area contributed by atoms with Crippen LogP contribution in [0.15, 0.2) is 53.4 Å². The van der Waals surface area contributed by atoms with E-state index in [-0.39, 0.29) is 28.7 Å². The zero-order valence-corrected chi connectivity index (χ0v) is 19.8. The number of hydrogen-bond acceptors (Lipinski definition) is 4. The van der Waals surface area contributed by atoms with Gasteiger partial charge in [-0.25, -0.2) is 8.42 Å². The standard InChI is InChI=1S/C24H31N3O4S/c1-16(2)23(24(29)25-13-12-19-8-6-5-7-9-19)26-32(30,31)21-10-11-22-20(15-21)14-17(3)27(22)18(4)28/h5-11,15-17,23,26H,12-14H2,1-4H3,(H,25,29)/t17-,23-/m0/s1. The lowest BCUT2D eigenvalue weighted by atomic mass is 10.0. The van der Waals surface area contributed by atoms with Gasteiger partial charge in [-0.15, -0.1) is 0 Å². The van der Waals surface area contributed by atoms with Crippen LogP contribution in [0.5, 0.6) is 0 Å². The summed E-state index contributed by atoms with van der Waals surface area (Å²) in [5, 5.41) is 2.84. The highest BCUT2D eigenvalue weighted by Crippen LogP contribution is 2.34. The minimum Gasteiger partial charge on any atom is -0.354 e. The van der Waals surface area contributed by atoms with Crippen LogP contribution in [0.2, 0.25) is 0 Å². The van der Waals surface area contributed by atoms with Gasteiger partial charge >= 0.3 is 0 Å². The summed E-state index contributed by atoms with van der Waals surface area (Å²) in [6, 6.07) is 13.6. The second-order valence-electron chi connectivity index (χ2n) is 8.60. The quantitative estimate of drug-likeness (QED) is 0.637. The number of rotatable bonds is 8. The predicted octanol–water partition coefficient (Wildman–Crippen LogP) is 2.65. The zero-order valence-electron chi connectivity index (χ0n) is 19.0. The molecule has 2 aromatic rings. The van der Waals surface area contributed by atoms with E-state index in [1.807, 2.05) is 37.3 Å². The van der Waals surface area contributed by atoms with E-state index in [2.05, 4.69) is 10.0 Å². The lowest BCUT2D eigenvalue weighted by Gasteiger charge is -2.22. The minimum atomic E-state index is -3.92. The lowest BCUT2D eigenvalue weighted by molar-refractivity contribution is -0.123. The summed E-state index contributed by atoms with van der Waals surface area (Å²) < 4.78 is 28.7. The molecule has 2 atom stereocenters. The van der Waals surface area contributed by atoms with Crippen molar-refractivity contribution in [1.82, 2.24) is 10.0 Å². The van der Waals surface area contributed by atoms with Crippen molar-refractivity contribution in [1.29, 1.82) is 0 Å². The van der Waals surface area contributed by atoms with Gasteiger partial charge in [0, 0.05) is 25.2 Å². The molecule has 8 heteroatoms. The van der Waals surface area contributed by atoms with Gasteiger partial charge in [0.2, 0.25) is 21.8 Å². The number of hydrogen-bond donors (Lipinski definition) is 2. The van der Waals surface area contributed by atoms with E-state index in [0.29, 0.717) is 19.4 Å². The summed E-state index contributed by atoms with van der Waals surface area (Å²) in [6.45, 7) is 7.47. The number of anilines is 1. The van der Waals surface area contributed by atoms with Crippen LogP contribution >= 0.6 is 0 Å². The number of amides is 2. The van der Waals surface area contributed by atoms with E-state index >= 15 is 0 Å². The third-order valence-electron chi connectivity index (χ3n) is 5.70. The SMILES string of the molecule is CC(=O)N1c2ccc(S(=O)(=O)N[C@H](C(=O)NCCc3ccccc3)C(C)C)cc2C[C@@H]1C. The Morgan fingerprint density at radius 3 is 2.44 bits per heavy atom. The summed E-state index contributed by atoms with van der Waals surface area (Å²) >= 11 is 0. The minimum absolute atomic E-state index is 0.0211. The average Bonchev–Trinajstić information content (AvgIpc) is 3.07. The van der Waals surface area contributed by atoms with Crippen molar-refractivity contribution in [2.45, 2.75) is 57.5 Å². The van der Waals surface area contributed by atoms with Crippen LogP contribution < -0.4 is 14.9 Å². The molecule has 32 heavy (non-hydrogen) atoms. The number of nitrogens with zero attached hydrogens (tertiary/aromatic N) is 1. The van der Waals surface area contributed by atoms with Gasteiger partial charge in [-0.2, -0.15) is 4.72 Å². The fourth-order valence-electron chi connectivity index (χ4n) is 4.07. The number of carbonyl (C=O) groups excluding carboxylic acids is 2. The summed E-state index contributed by atoms with van der Waals surface area (Å²) in [7, 11) is -3.92. The molecule has 0 saturated heterocycles. The van der Waals surface area contributed by atoms with Gasteiger partial charge in [-0.3, -0.25) is 9.59 Å². The highest BCUT2D eigenvalue weighted by Gasteiger charge is 2.32. The first-order valence-electron chi connectivity index (χ1n) is 10.9. The van der Waals surface area contributed by atoms with E-state index in [4.69, 9.17) is 0 Å². The Morgan fingerprint density at radius 1 is 1.12 bits per heavy atom. The van der Waals surface area contributed by atoms with Gasteiger partial charge in [0.05, 0.1) is 4.90 Å². The first-order valence-corrected chi connectivity index (χ1v) is 12.3. The second-order valence-corrected chi connectivity index (χ2v) is 10.3. The van der Waals surface area contributed by atoms with Crippen molar-refractivity contribution in [3.8, 4) is 0 Å². The Kier molecular flexibility index (Phi) is 7.36. The number of fused-ring (bicyclic) bond motifs is 1. The van der Waals surface area contributed by atoms with E-state index in [0.717, 1.165) is 16.8 Å². The third-order valence-corrected chi connectivity index (χ3v) is 7.14.